The highest BCUT2D eigenvalue weighted by Gasteiger charge is 2.22. The maximum absolute atomic E-state index is 13.7. The number of hydrogen-bond acceptors (Lipinski definition) is 3. The Kier molecular flexibility index (Phi) is 6.77. The van der Waals surface area contributed by atoms with Crippen LogP contribution in [0.25, 0.3) is 0 Å². The number of carbonyl (C=O) groups excluding carboxylic acids is 1. The molecule has 0 heterocycles. The summed E-state index contributed by atoms with van der Waals surface area (Å²) in [4.78, 5) is 11.8. The highest BCUT2D eigenvalue weighted by atomic mass is 35.5. The van der Waals surface area contributed by atoms with Crippen molar-refractivity contribution in [3.05, 3.63) is 34.6 Å². The molecule has 0 radical (unpaired) electrons. The first kappa shape index (κ1) is 18.1. The number of carbonyl (C=O) groups is 1. The lowest BCUT2D eigenvalue weighted by Gasteiger charge is -2.23. The van der Waals surface area contributed by atoms with E-state index in [0.29, 0.717) is 5.75 Å². The lowest BCUT2D eigenvalue weighted by atomic mass is 10.1. The van der Waals surface area contributed by atoms with Crippen LogP contribution in [0.2, 0.25) is 5.02 Å². The van der Waals surface area contributed by atoms with E-state index in [1.165, 1.54) is 23.9 Å². The molecular weight excluding hydrogens is 315 g/mol. The fourth-order valence-corrected chi connectivity index (χ4v) is 2.93. The normalized spacial score (nSPS) is 15.1. The second-order valence-electron chi connectivity index (χ2n) is 5.11. The van der Waals surface area contributed by atoms with Gasteiger partial charge < -0.3 is 15.7 Å². The van der Waals surface area contributed by atoms with E-state index in [1.54, 1.807) is 19.9 Å². The van der Waals surface area contributed by atoms with Crippen LogP contribution in [0.3, 0.4) is 0 Å². The third-order valence-corrected chi connectivity index (χ3v) is 4.11. The minimum Gasteiger partial charge on any atom is -0.387 e. The lowest BCUT2D eigenvalue weighted by molar-refractivity contribution is 0.0868. The number of aliphatic hydroxyl groups is 1. The van der Waals surface area contributed by atoms with Gasteiger partial charge in [0.25, 0.3) is 0 Å². The van der Waals surface area contributed by atoms with Crippen LogP contribution in [0.5, 0.6) is 0 Å². The lowest BCUT2D eigenvalue weighted by Crippen LogP contribution is -2.46. The van der Waals surface area contributed by atoms with Crippen LogP contribution in [-0.4, -0.2) is 35.3 Å². The molecule has 7 heteroatoms. The summed E-state index contributed by atoms with van der Waals surface area (Å²) in [5.74, 6) is 0.0341. The van der Waals surface area contributed by atoms with Crippen molar-refractivity contribution < 1.29 is 14.3 Å². The maximum atomic E-state index is 13.7. The average Bonchev–Trinajstić information content (AvgIpc) is 2.36. The maximum Gasteiger partial charge on any atom is 0.315 e. The van der Waals surface area contributed by atoms with E-state index in [4.69, 9.17) is 11.6 Å². The summed E-state index contributed by atoms with van der Waals surface area (Å²) in [6.07, 6.45) is 1.87. The van der Waals surface area contributed by atoms with E-state index >= 15 is 0 Å². The van der Waals surface area contributed by atoms with Gasteiger partial charge >= 0.3 is 6.03 Å². The van der Waals surface area contributed by atoms with Gasteiger partial charge in [0.05, 0.1) is 11.6 Å². The van der Waals surface area contributed by atoms with Gasteiger partial charge in [0.1, 0.15) is 5.82 Å². The molecule has 21 heavy (non-hydrogen) atoms. The number of amides is 2. The smallest absolute Gasteiger partial charge is 0.315 e. The van der Waals surface area contributed by atoms with Gasteiger partial charge in [0.15, 0.2) is 0 Å². The van der Waals surface area contributed by atoms with Crippen LogP contribution < -0.4 is 10.6 Å². The van der Waals surface area contributed by atoms with Gasteiger partial charge in [0.2, 0.25) is 0 Å². The molecule has 2 atom stereocenters. The minimum absolute atomic E-state index is 0.109. The van der Waals surface area contributed by atoms with Crippen molar-refractivity contribution in [1.29, 1.82) is 0 Å². The zero-order chi connectivity index (χ0) is 16.0. The van der Waals surface area contributed by atoms with Crippen LogP contribution in [-0.2, 0) is 0 Å². The number of nitrogens with one attached hydrogen (secondary N) is 2. The first-order chi connectivity index (χ1) is 9.76. The molecular formula is C14H20ClFN2O2S. The van der Waals surface area contributed by atoms with Crippen LogP contribution in [0, 0.1) is 5.82 Å². The molecule has 0 bridgehead atoms. The number of thioether (sulfide) groups is 1. The molecule has 0 fully saturated rings. The molecule has 1 aromatic carbocycles. The SMILES string of the molecule is CSCC(C)(O)CNC(=O)NC(C)c1c(F)cccc1Cl. The van der Waals surface area contributed by atoms with Crippen LogP contribution in [0.4, 0.5) is 9.18 Å². The molecule has 0 saturated heterocycles. The molecule has 3 N–H and O–H groups in total. The summed E-state index contributed by atoms with van der Waals surface area (Å²) in [6.45, 7) is 3.39. The van der Waals surface area contributed by atoms with Crippen molar-refractivity contribution in [2.24, 2.45) is 0 Å². The second-order valence-corrected chi connectivity index (χ2v) is 6.39. The minimum atomic E-state index is -0.990. The molecule has 0 aromatic heterocycles. The Morgan fingerprint density at radius 2 is 2.24 bits per heavy atom. The summed E-state index contributed by atoms with van der Waals surface area (Å²) in [5, 5.41) is 15.4. The predicted octanol–water partition coefficient (Wildman–Crippen LogP) is 2.95. The van der Waals surface area contributed by atoms with Gasteiger partial charge in [0, 0.05) is 22.9 Å². The number of hydrogen-bond donors (Lipinski definition) is 3. The van der Waals surface area contributed by atoms with E-state index in [2.05, 4.69) is 10.6 Å². The highest BCUT2D eigenvalue weighted by molar-refractivity contribution is 7.98. The summed E-state index contributed by atoms with van der Waals surface area (Å²) in [6, 6.07) is 3.31. The Bertz CT molecular complexity index is 480. The fraction of sp³-hybridized carbons (Fsp3) is 0.500. The number of benzene rings is 1. The van der Waals surface area contributed by atoms with Crippen LogP contribution >= 0.6 is 23.4 Å². The molecule has 118 valence electrons. The van der Waals surface area contributed by atoms with E-state index in [9.17, 15) is 14.3 Å². The van der Waals surface area contributed by atoms with E-state index in [-0.39, 0.29) is 17.1 Å². The van der Waals surface area contributed by atoms with Crippen molar-refractivity contribution >= 4 is 29.4 Å². The molecule has 2 unspecified atom stereocenters. The standard InChI is InChI=1S/C14H20ClFN2O2S/c1-9(12-10(15)5-4-6-11(12)16)18-13(19)17-7-14(2,20)8-21-3/h4-6,9,20H,7-8H2,1-3H3,(H2,17,18,19). The zero-order valence-electron chi connectivity index (χ0n) is 12.2. The monoisotopic (exact) mass is 334 g/mol. The van der Waals surface area contributed by atoms with Gasteiger partial charge in [-0.25, -0.2) is 9.18 Å². The zero-order valence-corrected chi connectivity index (χ0v) is 13.8. The van der Waals surface area contributed by atoms with E-state index in [1.807, 2.05) is 6.26 Å². The quantitative estimate of drug-likeness (QED) is 0.749. The molecule has 0 aliphatic carbocycles. The van der Waals surface area contributed by atoms with Crippen molar-refractivity contribution in [2.75, 3.05) is 18.6 Å². The third kappa shape index (κ3) is 5.73. The molecule has 0 aliphatic rings. The Hall–Kier alpha value is -0.980. The molecule has 1 aromatic rings. The van der Waals surface area contributed by atoms with Crippen molar-refractivity contribution in [3.8, 4) is 0 Å². The van der Waals surface area contributed by atoms with Gasteiger partial charge in [-0.05, 0) is 32.2 Å². The molecule has 0 spiro atoms. The van der Waals surface area contributed by atoms with Crippen molar-refractivity contribution in [2.45, 2.75) is 25.5 Å². The van der Waals surface area contributed by atoms with Crippen molar-refractivity contribution in [1.82, 2.24) is 10.6 Å². The van der Waals surface area contributed by atoms with Crippen molar-refractivity contribution in [3.63, 3.8) is 0 Å². The molecule has 2 amide bonds. The summed E-state index contributed by atoms with van der Waals surface area (Å²) in [5.41, 5.74) is -0.750. The summed E-state index contributed by atoms with van der Waals surface area (Å²) >= 11 is 7.43. The van der Waals surface area contributed by atoms with Gasteiger partial charge in [-0.1, -0.05) is 17.7 Å². The van der Waals surface area contributed by atoms with E-state index < -0.39 is 23.5 Å². The second kappa shape index (κ2) is 7.87. The van der Waals surface area contributed by atoms with Crippen LogP contribution in [0.15, 0.2) is 18.2 Å². The largest absolute Gasteiger partial charge is 0.387 e. The number of rotatable bonds is 6. The average molecular weight is 335 g/mol. The molecule has 0 aliphatic heterocycles. The van der Waals surface area contributed by atoms with E-state index in [0.717, 1.165) is 0 Å². The number of halogens is 2. The Morgan fingerprint density at radius 1 is 1.57 bits per heavy atom. The third-order valence-electron chi connectivity index (χ3n) is 2.87. The highest BCUT2D eigenvalue weighted by Crippen LogP contribution is 2.25. The number of urea groups is 1. The van der Waals surface area contributed by atoms with Gasteiger partial charge in [-0.3, -0.25) is 0 Å². The molecule has 0 saturated carbocycles. The summed E-state index contributed by atoms with van der Waals surface area (Å²) < 4.78 is 13.7. The summed E-state index contributed by atoms with van der Waals surface area (Å²) in [7, 11) is 0. The van der Waals surface area contributed by atoms with Gasteiger partial charge in [-0.2, -0.15) is 11.8 Å². The topological polar surface area (TPSA) is 61.4 Å². The van der Waals surface area contributed by atoms with Crippen LogP contribution in [0.1, 0.15) is 25.5 Å². The Balaban J connectivity index is 2.59. The predicted molar refractivity (Wildman–Crippen MR) is 85.4 cm³/mol. The first-order valence-corrected chi connectivity index (χ1v) is 8.23. The molecule has 1 rings (SSSR count). The Morgan fingerprint density at radius 3 is 2.81 bits per heavy atom. The first-order valence-electron chi connectivity index (χ1n) is 6.46. The molecule has 4 nitrogen and oxygen atoms in total. The van der Waals surface area contributed by atoms with Gasteiger partial charge in [-0.15, -0.1) is 0 Å². The fourth-order valence-electron chi connectivity index (χ4n) is 1.88. The Labute approximate surface area is 133 Å².